The lowest BCUT2D eigenvalue weighted by Crippen LogP contribution is -2.46. The molecule has 4 rings (SSSR count). The van der Waals surface area contributed by atoms with Crippen LogP contribution in [0, 0.1) is 0 Å². The minimum atomic E-state index is 0.0653. The smallest absolute Gasteiger partial charge is 0.251 e. The Morgan fingerprint density at radius 2 is 1.73 bits per heavy atom. The molecule has 0 radical (unpaired) electrons. The fourth-order valence-electron chi connectivity index (χ4n) is 4.40. The van der Waals surface area contributed by atoms with Gasteiger partial charge in [0.2, 0.25) is 0 Å². The lowest BCUT2D eigenvalue weighted by atomic mass is 10.0. The second-order valence-electron chi connectivity index (χ2n) is 7.92. The van der Waals surface area contributed by atoms with Crippen molar-refractivity contribution < 1.29 is 9.53 Å². The van der Waals surface area contributed by atoms with E-state index in [-0.39, 0.29) is 5.91 Å². The SMILES string of the molecule is O=C(NC1CCN(C[C@H]2CCCO2)CC1)c1ccc(N2CCCC2)cc1. The lowest BCUT2D eigenvalue weighted by Gasteiger charge is -2.33. The summed E-state index contributed by atoms with van der Waals surface area (Å²) < 4.78 is 5.74. The average Bonchev–Trinajstić information content (AvgIpc) is 3.37. The van der Waals surface area contributed by atoms with Crippen LogP contribution in [0.2, 0.25) is 0 Å². The number of nitrogens with one attached hydrogen (secondary N) is 1. The van der Waals surface area contributed by atoms with Crippen LogP contribution in [-0.2, 0) is 4.74 Å². The van der Waals surface area contributed by atoms with Crippen molar-refractivity contribution in [2.45, 2.75) is 50.7 Å². The van der Waals surface area contributed by atoms with E-state index in [9.17, 15) is 4.79 Å². The molecule has 0 aliphatic carbocycles. The van der Waals surface area contributed by atoms with Gasteiger partial charge in [-0.3, -0.25) is 4.79 Å². The van der Waals surface area contributed by atoms with Gasteiger partial charge >= 0.3 is 0 Å². The maximum atomic E-state index is 12.5. The highest BCUT2D eigenvalue weighted by molar-refractivity contribution is 5.94. The number of carbonyl (C=O) groups excluding carboxylic acids is 1. The molecule has 26 heavy (non-hydrogen) atoms. The third-order valence-corrected chi connectivity index (χ3v) is 6.01. The number of piperidine rings is 1. The second-order valence-corrected chi connectivity index (χ2v) is 7.92. The summed E-state index contributed by atoms with van der Waals surface area (Å²) >= 11 is 0. The van der Waals surface area contributed by atoms with Gasteiger partial charge in [-0.1, -0.05) is 0 Å². The van der Waals surface area contributed by atoms with Crippen LogP contribution < -0.4 is 10.2 Å². The third kappa shape index (κ3) is 4.38. The molecule has 0 saturated carbocycles. The number of nitrogens with zero attached hydrogens (tertiary/aromatic N) is 2. The zero-order valence-electron chi connectivity index (χ0n) is 15.7. The van der Waals surface area contributed by atoms with Crippen molar-refractivity contribution in [3.63, 3.8) is 0 Å². The number of hydrogen-bond acceptors (Lipinski definition) is 4. The minimum Gasteiger partial charge on any atom is -0.377 e. The second kappa shape index (κ2) is 8.40. The Balaban J connectivity index is 1.23. The highest BCUT2D eigenvalue weighted by atomic mass is 16.5. The first-order valence-electron chi connectivity index (χ1n) is 10.3. The average molecular weight is 357 g/mol. The molecule has 0 spiro atoms. The van der Waals surface area contributed by atoms with Gasteiger partial charge in [-0.25, -0.2) is 0 Å². The standard InChI is InChI=1S/C21H31N3O2/c25-21(17-5-7-19(8-6-17)24-11-1-2-12-24)22-18-9-13-23(14-10-18)16-20-4-3-15-26-20/h5-8,18,20H,1-4,9-16H2,(H,22,25)/t20-/m1/s1. The van der Waals surface area contributed by atoms with Gasteiger partial charge in [0.05, 0.1) is 6.10 Å². The zero-order valence-corrected chi connectivity index (χ0v) is 15.7. The molecule has 1 atom stereocenters. The monoisotopic (exact) mass is 357 g/mol. The van der Waals surface area contributed by atoms with Crippen LogP contribution >= 0.6 is 0 Å². The van der Waals surface area contributed by atoms with Gasteiger partial charge in [0.15, 0.2) is 0 Å². The molecular formula is C21H31N3O2. The normalized spacial score (nSPS) is 24.9. The van der Waals surface area contributed by atoms with Gasteiger partial charge in [-0.15, -0.1) is 0 Å². The molecule has 1 aromatic rings. The number of ether oxygens (including phenoxy) is 1. The van der Waals surface area contributed by atoms with E-state index < -0.39 is 0 Å². The van der Waals surface area contributed by atoms with Crippen molar-refractivity contribution >= 4 is 11.6 Å². The van der Waals surface area contributed by atoms with Crippen LogP contribution in [0.4, 0.5) is 5.69 Å². The van der Waals surface area contributed by atoms with Crippen LogP contribution in [0.1, 0.15) is 48.9 Å². The molecule has 3 fully saturated rings. The van der Waals surface area contributed by atoms with E-state index in [1.54, 1.807) is 0 Å². The summed E-state index contributed by atoms with van der Waals surface area (Å²) in [6, 6.07) is 8.40. The van der Waals surface area contributed by atoms with Crippen LogP contribution in [0.25, 0.3) is 0 Å². The Kier molecular flexibility index (Phi) is 5.75. The summed E-state index contributed by atoms with van der Waals surface area (Å²) in [6.45, 7) is 6.36. The Morgan fingerprint density at radius 1 is 1.00 bits per heavy atom. The van der Waals surface area contributed by atoms with E-state index in [0.717, 1.165) is 57.7 Å². The molecule has 0 bridgehead atoms. The predicted molar refractivity (Wildman–Crippen MR) is 104 cm³/mol. The molecule has 3 aliphatic rings. The molecule has 1 amide bonds. The molecule has 1 aromatic carbocycles. The number of anilines is 1. The first-order chi connectivity index (χ1) is 12.8. The molecular weight excluding hydrogens is 326 g/mol. The summed E-state index contributed by atoms with van der Waals surface area (Å²) in [4.78, 5) is 17.4. The fraction of sp³-hybridized carbons (Fsp3) is 0.667. The molecule has 1 N–H and O–H groups in total. The summed E-state index contributed by atoms with van der Waals surface area (Å²) in [5.41, 5.74) is 2.01. The largest absolute Gasteiger partial charge is 0.377 e. The summed E-state index contributed by atoms with van der Waals surface area (Å²) in [5, 5.41) is 3.23. The van der Waals surface area contributed by atoms with E-state index in [4.69, 9.17) is 4.74 Å². The van der Waals surface area contributed by atoms with Crippen LogP contribution in [0.15, 0.2) is 24.3 Å². The molecule has 0 aromatic heterocycles. The van der Waals surface area contributed by atoms with Crippen molar-refractivity contribution in [1.29, 1.82) is 0 Å². The van der Waals surface area contributed by atoms with Crippen molar-refractivity contribution in [2.75, 3.05) is 44.2 Å². The van der Waals surface area contributed by atoms with E-state index in [1.807, 2.05) is 12.1 Å². The number of rotatable bonds is 5. The number of carbonyl (C=O) groups is 1. The van der Waals surface area contributed by atoms with Crippen LogP contribution in [-0.4, -0.2) is 62.3 Å². The molecule has 5 heteroatoms. The molecule has 3 saturated heterocycles. The third-order valence-electron chi connectivity index (χ3n) is 6.01. The van der Waals surface area contributed by atoms with Gasteiger partial charge in [0.25, 0.3) is 5.91 Å². The maximum absolute atomic E-state index is 12.5. The first-order valence-corrected chi connectivity index (χ1v) is 10.3. The molecule has 3 heterocycles. The Morgan fingerprint density at radius 3 is 2.38 bits per heavy atom. The zero-order chi connectivity index (χ0) is 17.8. The van der Waals surface area contributed by atoms with Gasteiger partial charge in [0.1, 0.15) is 0 Å². The Labute approximate surface area is 156 Å². The van der Waals surface area contributed by atoms with E-state index >= 15 is 0 Å². The van der Waals surface area contributed by atoms with E-state index in [1.165, 1.54) is 31.4 Å². The molecule has 142 valence electrons. The lowest BCUT2D eigenvalue weighted by molar-refractivity contribution is 0.0613. The number of benzene rings is 1. The fourth-order valence-corrected chi connectivity index (χ4v) is 4.40. The van der Waals surface area contributed by atoms with E-state index in [0.29, 0.717) is 12.1 Å². The van der Waals surface area contributed by atoms with Crippen molar-refractivity contribution in [3.8, 4) is 0 Å². The Hall–Kier alpha value is -1.59. The molecule has 3 aliphatic heterocycles. The predicted octanol–water partition coefficient (Wildman–Crippen LogP) is 2.66. The van der Waals surface area contributed by atoms with Gasteiger partial charge < -0.3 is 19.9 Å². The number of amides is 1. The quantitative estimate of drug-likeness (QED) is 0.880. The first kappa shape index (κ1) is 17.8. The van der Waals surface area contributed by atoms with Gasteiger partial charge in [0, 0.05) is 56.6 Å². The Bertz CT molecular complexity index is 584. The van der Waals surface area contributed by atoms with Crippen molar-refractivity contribution in [1.82, 2.24) is 10.2 Å². The van der Waals surface area contributed by atoms with Crippen molar-refractivity contribution in [2.24, 2.45) is 0 Å². The maximum Gasteiger partial charge on any atom is 0.251 e. The highest BCUT2D eigenvalue weighted by Gasteiger charge is 2.25. The summed E-state index contributed by atoms with van der Waals surface area (Å²) in [7, 11) is 0. The topological polar surface area (TPSA) is 44.8 Å². The highest BCUT2D eigenvalue weighted by Crippen LogP contribution is 2.21. The van der Waals surface area contributed by atoms with Gasteiger partial charge in [-0.05, 0) is 62.8 Å². The van der Waals surface area contributed by atoms with Crippen LogP contribution in [0.5, 0.6) is 0 Å². The number of likely N-dealkylation sites (tertiary alicyclic amines) is 1. The minimum absolute atomic E-state index is 0.0653. The van der Waals surface area contributed by atoms with E-state index in [2.05, 4.69) is 27.2 Å². The van der Waals surface area contributed by atoms with Gasteiger partial charge in [-0.2, -0.15) is 0 Å². The molecule has 5 nitrogen and oxygen atoms in total. The van der Waals surface area contributed by atoms with Crippen molar-refractivity contribution in [3.05, 3.63) is 29.8 Å². The van der Waals surface area contributed by atoms with Crippen LogP contribution in [0.3, 0.4) is 0 Å². The summed E-state index contributed by atoms with van der Waals surface area (Å²) in [5.74, 6) is 0.0653. The molecule has 0 unspecified atom stereocenters. The summed E-state index contributed by atoms with van der Waals surface area (Å²) in [6.07, 6.45) is 7.43. The number of hydrogen-bond donors (Lipinski definition) is 1.